The van der Waals surface area contributed by atoms with Crippen molar-refractivity contribution in [3.05, 3.63) is 60.5 Å². The van der Waals surface area contributed by atoms with Crippen LogP contribution in [-0.2, 0) is 0 Å². The summed E-state index contributed by atoms with van der Waals surface area (Å²) in [7, 11) is 0. The number of urea groups is 1. The smallest absolute Gasteiger partial charge is 0.323 e. The molecule has 0 aliphatic carbocycles. The van der Waals surface area contributed by atoms with E-state index in [-0.39, 0.29) is 6.03 Å². The Morgan fingerprint density at radius 3 is 2.43 bits per heavy atom. The highest BCUT2D eigenvalue weighted by Crippen LogP contribution is 2.16. The molecule has 0 aliphatic heterocycles. The molecule has 2 heterocycles. The molecule has 3 aromatic rings. The largest absolute Gasteiger partial charge is 0.360 e. The maximum absolute atomic E-state index is 11.9. The fourth-order valence-electron chi connectivity index (χ4n) is 1.91. The number of benzene rings is 1. The van der Waals surface area contributed by atoms with Crippen LogP contribution in [0.4, 0.5) is 27.8 Å². The molecule has 2 aromatic heterocycles. The predicted molar refractivity (Wildman–Crippen MR) is 87.8 cm³/mol. The fourth-order valence-corrected chi connectivity index (χ4v) is 1.91. The number of nitrogens with zero attached hydrogens (tertiary/aromatic N) is 2. The third-order valence-electron chi connectivity index (χ3n) is 2.94. The molecular weight excluding hydrogens is 294 g/mol. The van der Waals surface area contributed by atoms with Gasteiger partial charge in [-0.05, 0) is 31.2 Å². The first kappa shape index (κ1) is 14.6. The van der Waals surface area contributed by atoms with Gasteiger partial charge >= 0.3 is 6.03 Å². The SMILES string of the molecule is Cc1cc(Nc2ccc(NC(=O)Nc3ccccc3)cn2)no1. The number of hydrogen-bond acceptors (Lipinski definition) is 5. The predicted octanol–water partition coefficient (Wildman–Crippen LogP) is 3.77. The first-order valence-electron chi connectivity index (χ1n) is 6.98. The number of aromatic nitrogens is 2. The van der Waals surface area contributed by atoms with Crippen LogP contribution in [0.25, 0.3) is 0 Å². The Morgan fingerprint density at radius 2 is 1.78 bits per heavy atom. The van der Waals surface area contributed by atoms with Crippen LogP contribution in [0.5, 0.6) is 0 Å². The van der Waals surface area contributed by atoms with Gasteiger partial charge in [-0.15, -0.1) is 0 Å². The number of rotatable bonds is 4. The first-order chi connectivity index (χ1) is 11.2. The third-order valence-corrected chi connectivity index (χ3v) is 2.94. The van der Waals surface area contributed by atoms with Crippen LogP contribution < -0.4 is 16.0 Å². The Hall–Kier alpha value is -3.35. The monoisotopic (exact) mass is 309 g/mol. The van der Waals surface area contributed by atoms with E-state index >= 15 is 0 Å². The van der Waals surface area contributed by atoms with Crippen molar-refractivity contribution >= 4 is 29.0 Å². The molecule has 7 nitrogen and oxygen atoms in total. The molecule has 0 radical (unpaired) electrons. The molecule has 0 unspecified atom stereocenters. The summed E-state index contributed by atoms with van der Waals surface area (Å²) in [6.07, 6.45) is 1.56. The minimum atomic E-state index is -0.328. The van der Waals surface area contributed by atoms with Crippen molar-refractivity contribution in [2.45, 2.75) is 6.92 Å². The Balaban J connectivity index is 1.57. The van der Waals surface area contributed by atoms with Crippen LogP contribution in [-0.4, -0.2) is 16.2 Å². The number of para-hydroxylation sites is 1. The second kappa shape index (κ2) is 6.61. The topological polar surface area (TPSA) is 92.1 Å². The first-order valence-corrected chi connectivity index (χ1v) is 6.98. The summed E-state index contributed by atoms with van der Waals surface area (Å²) in [4.78, 5) is 16.1. The van der Waals surface area contributed by atoms with Crippen molar-refractivity contribution in [3.63, 3.8) is 0 Å². The van der Waals surface area contributed by atoms with Crippen molar-refractivity contribution in [1.82, 2.24) is 10.1 Å². The normalized spacial score (nSPS) is 10.1. The van der Waals surface area contributed by atoms with E-state index in [2.05, 4.69) is 26.1 Å². The minimum Gasteiger partial charge on any atom is -0.360 e. The molecule has 23 heavy (non-hydrogen) atoms. The summed E-state index contributed by atoms with van der Waals surface area (Å²) in [5.41, 5.74) is 1.30. The molecule has 0 fully saturated rings. The van der Waals surface area contributed by atoms with Gasteiger partial charge in [0.1, 0.15) is 11.6 Å². The second-order valence-corrected chi connectivity index (χ2v) is 4.83. The van der Waals surface area contributed by atoms with E-state index < -0.39 is 0 Å². The van der Waals surface area contributed by atoms with E-state index in [4.69, 9.17) is 4.52 Å². The van der Waals surface area contributed by atoms with E-state index in [0.29, 0.717) is 23.1 Å². The number of aryl methyl sites for hydroxylation is 1. The maximum Gasteiger partial charge on any atom is 0.323 e. The molecule has 0 bridgehead atoms. The lowest BCUT2D eigenvalue weighted by molar-refractivity contribution is 0.262. The summed E-state index contributed by atoms with van der Waals surface area (Å²) in [6.45, 7) is 1.81. The van der Waals surface area contributed by atoms with Gasteiger partial charge in [0.2, 0.25) is 0 Å². The van der Waals surface area contributed by atoms with Gasteiger partial charge in [-0.25, -0.2) is 9.78 Å². The van der Waals surface area contributed by atoms with Gasteiger partial charge in [-0.2, -0.15) is 0 Å². The van der Waals surface area contributed by atoms with Crippen molar-refractivity contribution < 1.29 is 9.32 Å². The van der Waals surface area contributed by atoms with Crippen molar-refractivity contribution in [3.8, 4) is 0 Å². The minimum absolute atomic E-state index is 0.328. The summed E-state index contributed by atoms with van der Waals surface area (Å²) in [6, 6.07) is 14.1. The van der Waals surface area contributed by atoms with Gasteiger partial charge in [0.05, 0.1) is 11.9 Å². The number of carbonyl (C=O) groups is 1. The van der Waals surface area contributed by atoms with E-state index in [1.165, 1.54) is 0 Å². The van der Waals surface area contributed by atoms with Crippen LogP contribution in [0.3, 0.4) is 0 Å². The molecule has 0 saturated heterocycles. The number of hydrogen-bond donors (Lipinski definition) is 3. The van der Waals surface area contributed by atoms with Crippen molar-refractivity contribution in [2.75, 3.05) is 16.0 Å². The molecule has 1 aromatic carbocycles. The van der Waals surface area contributed by atoms with E-state index in [1.807, 2.05) is 37.3 Å². The zero-order chi connectivity index (χ0) is 16.1. The summed E-state index contributed by atoms with van der Waals surface area (Å²) < 4.78 is 4.96. The highest BCUT2D eigenvalue weighted by molar-refractivity contribution is 5.99. The van der Waals surface area contributed by atoms with Gasteiger partial charge in [0, 0.05) is 11.8 Å². The molecule has 116 valence electrons. The molecular formula is C16H15N5O2. The Morgan fingerprint density at radius 1 is 1.00 bits per heavy atom. The average Bonchev–Trinajstić information content (AvgIpc) is 2.95. The molecule has 0 saturated carbocycles. The van der Waals surface area contributed by atoms with Crippen LogP contribution in [0, 0.1) is 6.92 Å². The van der Waals surface area contributed by atoms with Crippen LogP contribution in [0.1, 0.15) is 5.76 Å². The lowest BCUT2D eigenvalue weighted by Crippen LogP contribution is -2.19. The molecule has 3 N–H and O–H groups in total. The summed E-state index contributed by atoms with van der Waals surface area (Å²) >= 11 is 0. The lowest BCUT2D eigenvalue weighted by Gasteiger charge is -2.08. The second-order valence-electron chi connectivity index (χ2n) is 4.83. The van der Waals surface area contributed by atoms with Crippen molar-refractivity contribution in [1.29, 1.82) is 0 Å². The number of amides is 2. The van der Waals surface area contributed by atoms with Crippen LogP contribution in [0.15, 0.2) is 59.3 Å². The molecule has 7 heteroatoms. The van der Waals surface area contributed by atoms with Crippen LogP contribution >= 0.6 is 0 Å². The maximum atomic E-state index is 11.9. The standard InChI is InChI=1S/C16H15N5O2/c1-11-9-15(21-23-11)20-14-8-7-13(10-17-14)19-16(22)18-12-5-3-2-4-6-12/h2-10H,1H3,(H,17,20,21)(H2,18,19,22). The molecule has 0 atom stereocenters. The fraction of sp³-hybridized carbons (Fsp3) is 0.0625. The summed E-state index contributed by atoms with van der Waals surface area (Å²) in [5.74, 6) is 1.90. The third kappa shape index (κ3) is 4.07. The van der Waals surface area contributed by atoms with Gasteiger partial charge < -0.3 is 20.5 Å². The number of carbonyl (C=O) groups excluding carboxylic acids is 1. The quantitative estimate of drug-likeness (QED) is 0.682. The highest BCUT2D eigenvalue weighted by Gasteiger charge is 2.04. The van der Waals surface area contributed by atoms with Crippen molar-refractivity contribution in [2.24, 2.45) is 0 Å². The van der Waals surface area contributed by atoms with E-state index in [0.717, 1.165) is 5.69 Å². The zero-order valence-electron chi connectivity index (χ0n) is 12.4. The number of anilines is 4. The molecule has 0 spiro atoms. The lowest BCUT2D eigenvalue weighted by atomic mass is 10.3. The molecule has 2 amide bonds. The number of pyridine rings is 1. The summed E-state index contributed by atoms with van der Waals surface area (Å²) in [5, 5.41) is 12.3. The van der Waals surface area contributed by atoms with Gasteiger partial charge in [-0.1, -0.05) is 23.4 Å². The molecule has 0 aliphatic rings. The van der Waals surface area contributed by atoms with E-state index in [9.17, 15) is 4.79 Å². The Kier molecular flexibility index (Phi) is 4.19. The van der Waals surface area contributed by atoms with Gasteiger partial charge in [0.15, 0.2) is 5.82 Å². The average molecular weight is 309 g/mol. The van der Waals surface area contributed by atoms with Gasteiger partial charge in [-0.3, -0.25) is 0 Å². The Labute approximate surface area is 132 Å². The Bertz CT molecular complexity index is 784. The number of nitrogens with one attached hydrogen (secondary N) is 3. The van der Waals surface area contributed by atoms with Gasteiger partial charge in [0.25, 0.3) is 0 Å². The highest BCUT2D eigenvalue weighted by atomic mass is 16.5. The molecule has 3 rings (SSSR count). The van der Waals surface area contributed by atoms with E-state index in [1.54, 1.807) is 24.4 Å². The zero-order valence-corrected chi connectivity index (χ0v) is 12.4. The van der Waals surface area contributed by atoms with Crippen LogP contribution in [0.2, 0.25) is 0 Å².